The third-order valence-electron chi connectivity index (χ3n) is 6.72. The van der Waals surface area contributed by atoms with Crippen molar-refractivity contribution in [1.82, 2.24) is 20.6 Å². The van der Waals surface area contributed by atoms with Crippen LogP contribution in [0.2, 0.25) is 0 Å². The highest BCUT2D eigenvalue weighted by molar-refractivity contribution is 5.97. The highest BCUT2D eigenvalue weighted by Crippen LogP contribution is 2.34. The Morgan fingerprint density at radius 1 is 1.15 bits per heavy atom. The van der Waals surface area contributed by atoms with Crippen molar-refractivity contribution >= 4 is 23.5 Å². The maximum Gasteiger partial charge on any atom is 0.330 e. The molecule has 4 rings (SSSR count). The lowest BCUT2D eigenvalue weighted by Gasteiger charge is -2.24. The van der Waals surface area contributed by atoms with Crippen LogP contribution in [0.25, 0.3) is 0 Å². The lowest BCUT2D eigenvalue weighted by Crippen LogP contribution is -2.36. The number of nitrogens with one attached hydrogen (secondary N) is 2. The van der Waals surface area contributed by atoms with Gasteiger partial charge in [0.15, 0.2) is 0 Å². The van der Waals surface area contributed by atoms with E-state index in [1.807, 2.05) is 12.1 Å². The van der Waals surface area contributed by atoms with Gasteiger partial charge in [-0.15, -0.1) is 0 Å². The summed E-state index contributed by atoms with van der Waals surface area (Å²) < 4.78 is 18.6. The molecule has 41 heavy (non-hydrogen) atoms. The second kappa shape index (κ2) is 12.9. The SMILES string of the molecule is CCOC(=O)C(C)N(/N=N\N)c1ccc2c(c1)CC[C@@H]2NC(=O)c1cc(C(=O)NCc2ccc(F)c(C)c2)ncn1. The highest BCUT2D eigenvalue weighted by atomic mass is 19.1. The van der Waals surface area contributed by atoms with E-state index in [2.05, 4.69) is 31.0 Å². The molecule has 0 spiro atoms. The number of fused-ring (bicyclic) bond motifs is 1. The van der Waals surface area contributed by atoms with Crippen LogP contribution in [0.1, 0.15) is 69.5 Å². The van der Waals surface area contributed by atoms with Gasteiger partial charge in [0.25, 0.3) is 11.8 Å². The average Bonchev–Trinajstić information content (AvgIpc) is 3.37. The number of benzene rings is 2. The van der Waals surface area contributed by atoms with E-state index in [4.69, 9.17) is 10.6 Å². The topological polar surface area (TPSA) is 164 Å². The van der Waals surface area contributed by atoms with Crippen LogP contribution in [-0.4, -0.2) is 40.4 Å². The Bertz CT molecular complexity index is 1480. The van der Waals surface area contributed by atoms with Crippen LogP contribution >= 0.6 is 0 Å². The zero-order valence-electron chi connectivity index (χ0n) is 22.9. The molecule has 13 heteroatoms. The summed E-state index contributed by atoms with van der Waals surface area (Å²) in [6.07, 6.45) is 2.48. The van der Waals surface area contributed by atoms with Gasteiger partial charge in [0.2, 0.25) is 0 Å². The Morgan fingerprint density at radius 2 is 1.90 bits per heavy atom. The Hall–Kier alpha value is -4.94. The number of amides is 2. The van der Waals surface area contributed by atoms with E-state index in [9.17, 15) is 18.8 Å². The molecule has 1 heterocycles. The minimum absolute atomic E-state index is 0.0327. The monoisotopic (exact) mass is 562 g/mol. The fourth-order valence-corrected chi connectivity index (χ4v) is 4.59. The molecule has 1 unspecified atom stereocenters. The third-order valence-corrected chi connectivity index (χ3v) is 6.72. The third kappa shape index (κ3) is 6.80. The first-order valence-electron chi connectivity index (χ1n) is 13.1. The molecular weight excluding hydrogens is 531 g/mol. The largest absolute Gasteiger partial charge is 0.464 e. The number of esters is 1. The van der Waals surface area contributed by atoms with Gasteiger partial charge in [0.05, 0.1) is 18.3 Å². The number of ether oxygens (including phenoxy) is 1. The molecule has 0 fully saturated rings. The van der Waals surface area contributed by atoms with Crippen molar-refractivity contribution < 1.29 is 23.5 Å². The average molecular weight is 563 g/mol. The van der Waals surface area contributed by atoms with Gasteiger partial charge in [-0.2, -0.15) is 0 Å². The number of nitrogens with two attached hydrogens (primary N) is 1. The van der Waals surface area contributed by atoms with Crippen molar-refractivity contribution in [2.45, 2.75) is 52.2 Å². The van der Waals surface area contributed by atoms with Gasteiger partial charge in [-0.05, 0) is 79.3 Å². The van der Waals surface area contributed by atoms with Crippen molar-refractivity contribution in [3.8, 4) is 0 Å². The molecule has 3 aromatic rings. The van der Waals surface area contributed by atoms with Crippen molar-refractivity contribution in [1.29, 1.82) is 0 Å². The number of carbonyl (C=O) groups is 3. The van der Waals surface area contributed by atoms with E-state index in [0.717, 1.165) is 23.0 Å². The fraction of sp³-hybridized carbons (Fsp3) is 0.321. The quantitative estimate of drug-likeness (QED) is 0.147. The van der Waals surface area contributed by atoms with Crippen molar-refractivity contribution in [2.24, 2.45) is 16.3 Å². The molecule has 0 saturated heterocycles. The maximum atomic E-state index is 13.5. The van der Waals surface area contributed by atoms with Crippen molar-refractivity contribution in [2.75, 3.05) is 11.6 Å². The number of carbonyl (C=O) groups excluding carboxylic acids is 3. The first-order chi connectivity index (χ1) is 19.7. The first-order valence-corrected chi connectivity index (χ1v) is 13.1. The Labute approximate surface area is 236 Å². The van der Waals surface area contributed by atoms with E-state index in [1.54, 1.807) is 39.0 Å². The van der Waals surface area contributed by atoms with Crippen LogP contribution in [-0.2, 0) is 22.5 Å². The van der Waals surface area contributed by atoms with Gasteiger partial charge < -0.3 is 21.2 Å². The highest BCUT2D eigenvalue weighted by Gasteiger charge is 2.28. The van der Waals surface area contributed by atoms with Gasteiger partial charge in [0, 0.05) is 12.6 Å². The molecule has 12 nitrogen and oxygen atoms in total. The van der Waals surface area contributed by atoms with Gasteiger partial charge in [0.1, 0.15) is 29.6 Å². The van der Waals surface area contributed by atoms with E-state index in [1.165, 1.54) is 17.1 Å². The van der Waals surface area contributed by atoms with E-state index in [-0.39, 0.29) is 36.4 Å². The standard InChI is InChI=1S/C28H31FN8O4/c1-4-41-28(40)17(3)37(36-35-30)20-7-8-21-19(12-20)6-10-23(21)34-27(39)25-13-24(32-15-33-25)26(38)31-14-18-5-9-22(29)16(2)11-18/h5,7-9,11-13,15,17,23H,4,6,10,14H2,1-3H3,(H2,30,36)(H,31,38)(H,34,39)/t17?,23-/m0/s1. The number of aryl methyl sites for hydroxylation is 2. The number of hydrogen-bond donors (Lipinski definition) is 3. The van der Waals surface area contributed by atoms with Gasteiger partial charge in [-0.25, -0.2) is 24.2 Å². The summed E-state index contributed by atoms with van der Waals surface area (Å²) in [4.78, 5) is 46.0. The molecule has 2 amide bonds. The number of nitrogens with zero attached hydrogens (tertiary/aromatic N) is 5. The van der Waals surface area contributed by atoms with Crippen LogP contribution in [0.15, 0.2) is 59.2 Å². The van der Waals surface area contributed by atoms with Crippen LogP contribution in [0.5, 0.6) is 0 Å². The number of hydrogen-bond acceptors (Lipinski definition) is 8. The van der Waals surface area contributed by atoms with Gasteiger partial charge >= 0.3 is 5.97 Å². The van der Waals surface area contributed by atoms with Crippen LogP contribution in [0, 0.1) is 12.7 Å². The second-order valence-electron chi connectivity index (χ2n) is 9.48. The molecule has 2 atom stereocenters. The zero-order chi connectivity index (χ0) is 29.5. The Morgan fingerprint density at radius 3 is 2.61 bits per heavy atom. The van der Waals surface area contributed by atoms with Gasteiger partial charge in [-0.1, -0.05) is 23.4 Å². The summed E-state index contributed by atoms with van der Waals surface area (Å²) in [5.41, 5.74) is 3.78. The summed E-state index contributed by atoms with van der Waals surface area (Å²) in [5.74, 6) is 3.55. The number of halogens is 1. The predicted molar refractivity (Wildman–Crippen MR) is 147 cm³/mol. The molecule has 0 bridgehead atoms. The van der Waals surface area contributed by atoms with E-state index >= 15 is 0 Å². The molecular formula is C28H31FN8O4. The maximum absolute atomic E-state index is 13.5. The Balaban J connectivity index is 1.42. The summed E-state index contributed by atoms with van der Waals surface area (Å²) in [5, 5.41) is 14.3. The predicted octanol–water partition coefficient (Wildman–Crippen LogP) is 3.27. The van der Waals surface area contributed by atoms with Gasteiger partial charge in [-0.3, -0.25) is 9.59 Å². The Kier molecular flexibility index (Phi) is 9.17. The van der Waals surface area contributed by atoms with E-state index in [0.29, 0.717) is 24.1 Å². The van der Waals surface area contributed by atoms with Crippen molar-refractivity contribution in [3.63, 3.8) is 0 Å². The number of aromatic nitrogens is 2. The summed E-state index contributed by atoms with van der Waals surface area (Å²) in [7, 11) is 0. The zero-order valence-corrected chi connectivity index (χ0v) is 22.9. The molecule has 1 aliphatic carbocycles. The summed E-state index contributed by atoms with van der Waals surface area (Å²) in [6.45, 7) is 5.42. The molecule has 2 aromatic carbocycles. The van der Waals surface area contributed by atoms with Crippen molar-refractivity contribution in [3.05, 3.63) is 88.3 Å². The number of anilines is 1. The minimum atomic E-state index is -0.749. The molecule has 214 valence electrons. The molecule has 1 aliphatic rings. The van der Waals surface area contributed by atoms with Crippen LogP contribution in [0.4, 0.5) is 10.1 Å². The second-order valence-corrected chi connectivity index (χ2v) is 9.48. The van der Waals surface area contributed by atoms with Crippen LogP contribution in [0.3, 0.4) is 0 Å². The molecule has 1 aromatic heterocycles. The minimum Gasteiger partial charge on any atom is -0.464 e. The normalized spacial score (nSPS) is 14.8. The molecule has 0 radical (unpaired) electrons. The lowest BCUT2D eigenvalue weighted by molar-refractivity contribution is -0.144. The number of rotatable bonds is 10. The molecule has 0 saturated carbocycles. The summed E-state index contributed by atoms with van der Waals surface area (Å²) in [6, 6.07) is 10.4. The smallest absolute Gasteiger partial charge is 0.330 e. The summed E-state index contributed by atoms with van der Waals surface area (Å²) >= 11 is 0. The lowest BCUT2D eigenvalue weighted by atomic mass is 10.1. The fourth-order valence-electron chi connectivity index (χ4n) is 4.59. The molecule has 0 aliphatic heterocycles. The first kappa shape index (κ1) is 29.1. The van der Waals surface area contributed by atoms with Crippen LogP contribution < -0.4 is 21.5 Å². The molecule has 4 N–H and O–H groups in total. The van der Waals surface area contributed by atoms with E-state index < -0.39 is 23.8 Å².